The van der Waals surface area contributed by atoms with E-state index in [0.29, 0.717) is 13.2 Å². The first-order valence-corrected chi connectivity index (χ1v) is 9.66. The van der Waals surface area contributed by atoms with E-state index in [9.17, 15) is 4.79 Å². The summed E-state index contributed by atoms with van der Waals surface area (Å²) in [6.07, 6.45) is 4.32. The molecule has 1 aromatic carbocycles. The van der Waals surface area contributed by atoms with Gasteiger partial charge in [0.1, 0.15) is 0 Å². The van der Waals surface area contributed by atoms with E-state index in [1.165, 1.54) is 5.56 Å². The van der Waals surface area contributed by atoms with Gasteiger partial charge in [0.2, 0.25) is 0 Å². The van der Waals surface area contributed by atoms with Gasteiger partial charge in [0, 0.05) is 38.1 Å². The van der Waals surface area contributed by atoms with E-state index in [0.717, 1.165) is 50.4 Å². The van der Waals surface area contributed by atoms with Gasteiger partial charge >= 0.3 is 6.03 Å². The fourth-order valence-electron chi connectivity index (χ4n) is 3.74. The molecule has 1 aromatic heterocycles. The van der Waals surface area contributed by atoms with Crippen molar-refractivity contribution in [3.8, 4) is 0 Å². The molecule has 2 saturated heterocycles. The Bertz CT molecular complexity index is 751. The van der Waals surface area contributed by atoms with Gasteiger partial charge in [-0.1, -0.05) is 18.2 Å². The van der Waals surface area contributed by atoms with Crippen molar-refractivity contribution in [2.24, 2.45) is 0 Å². The highest BCUT2D eigenvalue weighted by Gasteiger charge is 2.22. The van der Waals surface area contributed by atoms with Crippen molar-refractivity contribution in [3.05, 3.63) is 59.9 Å². The number of rotatable bonds is 6. The Balaban J connectivity index is 1.29. The minimum atomic E-state index is -0.00771. The summed E-state index contributed by atoms with van der Waals surface area (Å²) in [6.45, 7) is 4.98. The minimum absolute atomic E-state index is 0.00771. The molecule has 0 saturated carbocycles. The number of urea groups is 1. The van der Waals surface area contributed by atoms with Gasteiger partial charge in [-0.05, 0) is 49.2 Å². The number of pyridine rings is 1. The van der Waals surface area contributed by atoms with Crippen molar-refractivity contribution in [1.29, 1.82) is 0 Å². The van der Waals surface area contributed by atoms with Crippen LogP contribution < -0.4 is 10.2 Å². The van der Waals surface area contributed by atoms with Crippen molar-refractivity contribution in [2.45, 2.75) is 32.1 Å². The third-order valence-corrected chi connectivity index (χ3v) is 5.17. The van der Waals surface area contributed by atoms with Gasteiger partial charge in [-0.25, -0.2) is 4.79 Å². The van der Waals surface area contributed by atoms with Crippen LogP contribution in [0.5, 0.6) is 0 Å². The maximum atomic E-state index is 11.8. The first-order chi connectivity index (χ1) is 13.3. The molecule has 0 bridgehead atoms. The molecule has 2 aliphatic heterocycles. The number of nitrogens with zero attached hydrogens (tertiary/aromatic N) is 3. The van der Waals surface area contributed by atoms with E-state index in [4.69, 9.17) is 4.74 Å². The zero-order chi connectivity index (χ0) is 18.5. The van der Waals surface area contributed by atoms with Crippen molar-refractivity contribution in [1.82, 2.24) is 15.2 Å². The Kier molecular flexibility index (Phi) is 5.65. The molecule has 3 heterocycles. The van der Waals surface area contributed by atoms with E-state index in [2.05, 4.69) is 27.3 Å². The highest BCUT2D eigenvalue weighted by molar-refractivity contribution is 5.93. The topological polar surface area (TPSA) is 57.7 Å². The summed E-state index contributed by atoms with van der Waals surface area (Å²) in [7, 11) is 0. The Hall–Kier alpha value is -2.44. The van der Waals surface area contributed by atoms with Crippen LogP contribution in [0.4, 0.5) is 10.5 Å². The largest absolute Gasteiger partial charge is 0.371 e. The van der Waals surface area contributed by atoms with Crippen LogP contribution in [0.3, 0.4) is 0 Å². The molecule has 27 heavy (non-hydrogen) atoms. The SMILES string of the molecule is O=C1NCCN1c1ccc(CN2CCCC(OCc3ccccn3)C2)cc1. The Morgan fingerprint density at radius 1 is 1.15 bits per heavy atom. The van der Waals surface area contributed by atoms with Gasteiger partial charge in [-0.3, -0.25) is 14.8 Å². The number of likely N-dealkylation sites (tertiary alicyclic amines) is 1. The lowest BCUT2D eigenvalue weighted by atomic mass is 10.1. The number of nitrogens with one attached hydrogen (secondary N) is 1. The molecule has 0 radical (unpaired) electrons. The average Bonchev–Trinajstić information content (AvgIpc) is 3.14. The second-order valence-corrected chi connectivity index (χ2v) is 7.18. The fraction of sp³-hybridized carbons (Fsp3) is 0.429. The van der Waals surface area contributed by atoms with Crippen molar-refractivity contribution in [3.63, 3.8) is 0 Å². The third kappa shape index (κ3) is 4.64. The van der Waals surface area contributed by atoms with Crippen LogP contribution in [-0.4, -0.2) is 48.2 Å². The van der Waals surface area contributed by atoms with E-state index < -0.39 is 0 Å². The van der Waals surface area contributed by atoms with E-state index in [1.54, 1.807) is 11.1 Å². The second kappa shape index (κ2) is 8.50. The number of piperidine rings is 1. The van der Waals surface area contributed by atoms with Gasteiger partial charge < -0.3 is 10.1 Å². The number of carbonyl (C=O) groups is 1. The molecule has 142 valence electrons. The van der Waals surface area contributed by atoms with Crippen molar-refractivity contribution < 1.29 is 9.53 Å². The van der Waals surface area contributed by atoms with E-state index in [1.807, 2.05) is 30.3 Å². The van der Waals surface area contributed by atoms with Gasteiger partial charge in [-0.15, -0.1) is 0 Å². The normalized spacial score (nSPS) is 20.7. The predicted octanol–water partition coefficient (Wildman–Crippen LogP) is 2.79. The van der Waals surface area contributed by atoms with Crippen LogP contribution in [0.25, 0.3) is 0 Å². The number of hydrogen-bond acceptors (Lipinski definition) is 4. The van der Waals surface area contributed by atoms with Crippen LogP contribution in [0.1, 0.15) is 24.1 Å². The number of anilines is 1. The lowest BCUT2D eigenvalue weighted by Gasteiger charge is -2.32. The first-order valence-electron chi connectivity index (χ1n) is 9.66. The zero-order valence-corrected chi connectivity index (χ0v) is 15.5. The molecule has 4 rings (SSSR count). The molecule has 0 spiro atoms. The molecular formula is C21H26N4O2. The first kappa shape index (κ1) is 17.9. The highest BCUT2D eigenvalue weighted by Crippen LogP contribution is 2.20. The van der Waals surface area contributed by atoms with Gasteiger partial charge in [0.15, 0.2) is 0 Å². The molecule has 2 fully saturated rings. The summed E-state index contributed by atoms with van der Waals surface area (Å²) >= 11 is 0. The quantitative estimate of drug-likeness (QED) is 0.854. The molecule has 6 heteroatoms. The van der Waals surface area contributed by atoms with Crippen LogP contribution >= 0.6 is 0 Å². The Labute approximate surface area is 160 Å². The average molecular weight is 366 g/mol. The molecular weight excluding hydrogens is 340 g/mol. The maximum absolute atomic E-state index is 11.8. The smallest absolute Gasteiger partial charge is 0.321 e. The van der Waals surface area contributed by atoms with Crippen LogP contribution in [0, 0.1) is 0 Å². The van der Waals surface area contributed by atoms with Crippen LogP contribution in [-0.2, 0) is 17.9 Å². The number of aromatic nitrogens is 1. The molecule has 2 aliphatic rings. The second-order valence-electron chi connectivity index (χ2n) is 7.18. The van der Waals surface area contributed by atoms with Crippen molar-refractivity contribution in [2.75, 3.05) is 31.1 Å². The lowest BCUT2D eigenvalue weighted by molar-refractivity contribution is -0.0132. The molecule has 1 atom stereocenters. The van der Waals surface area contributed by atoms with E-state index >= 15 is 0 Å². The third-order valence-electron chi connectivity index (χ3n) is 5.17. The van der Waals surface area contributed by atoms with Gasteiger partial charge in [0.25, 0.3) is 0 Å². The number of hydrogen-bond donors (Lipinski definition) is 1. The van der Waals surface area contributed by atoms with Crippen LogP contribution in [0.15, 0.2) is 48.7 Å². The molecule has 2 amide bonds. The summed E-state index contributed by atoms with van der Waals surface area (Å²) in [5, 5.41) is 2.84. The van der Waals surface area contributed by atoms with Crippen molar-refractivity contribution >= 4 is 11.7 Å². The van der Waals surface area contributed by atoms with E-state index in [-0.39, 0.29) is 12.1 Å². The number of benzene rings is 1. The zero-order valence-electron chi connectivity index (χ0n) is 15.5. The number of carbonyl (C=O) groups excluding carboxylic acids is 1. The number of amides is 2. The van der Waals surface area contributed by atoms with Crippen LogP contribution in [0.2, 0.25) is 0 Å². The van der Waals surface area contributed by atoms with Gasteiger partial charge in [0.05, 0.1) is 18.4 Å². The summed E-state index contributed by atoms with van der Waals surface area (Å²) < 4.78 is 6.08. The summed E-state index contributed by atoms with van der Waals surface area (Å²) in [5.74, 6) is 0. The minimum Gasteiger partial charge on any atom is -0.371 e. The number of ether oxygens (including phenoxy) is 1. The molecule has 1 N–H and O–H groups in total. The highest BCUT2D eigenvalue weighted by atomic mass is 16.5. The standard InChI is InChI=1S/C21H26N4O2/c26-21-23-11-13-25(21)19-8-6-17(7-9-19)14-24-12-3-5-20(15-24)27-16-18-4-1-2-10-22-18/h1-2,4,6-10,20H,3,5,11-16H2,(H,23,26). The summed E-state index contributed by atoms with van der Waals surface area (Å²) in [6, 6.07) is 14.2. The molecule has 6 nitrogen and oxygen atoms in total. The summed E-state index contributed by atoms with van der Waals surface area (Å²) in [5.41, 5.74) is 3.21. The van der Waals surface area contributed by atoms with Gasteiger partial charge in [-0.2, -0.15) is 0 Å². The molecule has 1 unspecified atom stereocenters. The monoisotopic (exact) mass is 366 g/mol. The molecule has 2 aromatic rings. The lowest BCUT2D eigenvalue weighted by Crippen LogP contribution is -2.39. The maximum Gasteiger partial charge on any atom is 0.321 e. The fourth-order valence-corrected chi connectivity index (χ4v) is 3.74. The predicted molar refractivity (Wildman–Crippen MR) is 105 cm³/mol. The molecule has 0 aliphatic carbocycles. The summed E-state index contributed by atoms with van der Waals surface area (Å²) in [4.78, 5) is 20.3. The Morgan fingerprint density at radius 2 is 2.04 bits per heavy atom. The Morgan fingerprint density at radius 3 is 2.78 bits per heavy atom.